The molecule has 0 N–H and O–H groups in total. The quantitative estimate of drug-likeness (QED) is 0.333. The fourth-order valence-electron chi connectivity index (χ4n) is 4.97. The van der Waals surface area contributed by atoms with Crippen LogP contribution in [0.25, 0.3) is 0 Å². The number of hydrogen-bond donors (Lipinski definition) is 0. The normalized spacial score (nSPS) is 14.3. The van der Waals surface area contributed by atoms with Gasteiger partial charge in [-0.25, -0.2) is 0 Å². The molecule has 30 heavy (non-hydrogen) atoms. The Morgan fingerprint density at radius 3 is 1.23 bits per heavy atom. The van der Waals surface area contributed by atoms with E-state index in [4.69, 9.17) is 0 Å². The molecule has 0 nitrogen and oxygen atoms in total. The van der Waals surface area contributed by atoms with Crippen LogP contribution in [0.1, 0.15) is 77.0 Å². The fraction of sp³-hybridized carbons (Fsp3) is 0.400. The van der Waals surface area contributed by atoms with Crippen LogP contribution in [-0.4, -0.2) is 0 Å². The molecule has 0 heterocycles. The van der Waals surface area contributed by atoms with Crippen molar-refractivity contribution >= 4 is 0 Å². The first kappa shape index (κ1) is 22.3. The van der Waals surface area contributed by atoms with Crippen molar-refractivity contribution in [3.8, 4) is 0 Å². The molecular weight excluding hydrogens is 360 g/mol. The predicted octanol–water partition coefficient (Wildman–Crippen LogP) is 8.56. The van der Waals surface area contributed by atoms with Crippen LogP contribution in [0.4, 0.5) is 0 Å². The third-order valence-corrected chi connectivity index (χ3v) is 7.07. The number of benzene rings is 3. The van der Waals surface area contributed by atoms with Crippen molar-refractivity contribution in [1.82, 2.24) is 0 Å². The third-order valence-electron chi connectivity index (χ3n) is 7.07. The molecule has 3 rings (SSSR count). The van der Waals surface area contributed by atoms with Gasteiger partial charge in [0.1, 0.15) is 0 Å². The first-order valence-corrected chi connectivity index (χ1v) is 11.4. The second-order valence-corrected chi connectivity index (χ2v) is 10.3. The van der Waals surface area contributed by atoms with Crippen LogP contribution >= 0.6 is 0 Å². The van der Waals surface area contributed by atoms with Gasteiger partial charge in [0, 0.05) is 10.8 Å². The molecule has 0 aliphatic heterocycles. The summed E-state index contributed by atoms with van der Waals surface area (Å²) in [5.41, 5.74) is 4.45. The van der Waals surface area contributed by atoms with E-state index in [-0.39, 0.29) is 10.8 Å². The fourth-order valence-corrected chi connectivity index (χ4v) is 4.97. The summed E-state index contributed by atoms with van der Waals surface area (Å²) in [5, 5.41) is 0. The summed E-state index contributed by atoms with van der Waals surface area (Å²) in [6, 6.07) is 33.4. The minimum absolute atomic E-state index is 0.0190. The van der Waals surface area contributed by atoms with Crippen LogP contribution in [0.2, 0.25) is 0 Å². The molecule has 0 bridgehead atoms. The summed E-state index contributed by atoms with van der Waals surface area (Å²) in [6.45, 7) is 12.0. The van der Waals surface area contributed by atoms with Crippen LogP contribution in [-0.2, 0) is 10.8 Å². The zero-order valence-electron chi connectivity index (χ0n) is 19.5. The minimum atomic E-state index is -0.126. The molecule has 3 aromatic rings. The zero-order chi connectivity index (χ0) is 21.7. The van der Waals surface area contributed by atoms with Crippen molar-refractivity contribution in [1.29, 1.82) is 0 Å². The van der Waals surface area contributed by atoms with E-state index in [2.05, 4.69) is 126 Å². The van der Waals surface area contributed by atoms with Gasteiger partial charge < -0.3 is 0 Å². The SMILES string of the molecule is CC(C)(C)CCCC[C@](C)(c1ccccc1)C(C)(c1ccccc1)c1ccccc1. The van der Waals surface area contributed by atoms with E-state index in [1.807, 2.05) is 0 Å². The van der Waals surface area contributed by atoms with E-state index in [0.29, 0.717) is 5.41 Å². The third kappa shape index (κ3) is 4.69. The minimum Gasteiger partial charge on any atom is -0.0622 e. The summed E-state index contributed by atoms with van der Waals surface area (Å²) in [5.74, 6) is 0. The van der Waals surface area contributed by atoms with Crippen molar-refractivity contribution in [3.05, 3.63) is 108 Å². The molecule has 0 unspecified atom stereocenters. The van der Waals surface area contributed by atoms with Gasteiger partial charge in [0.25, 0.3) is 0 Å². The summed E-state index contributed by atoms with van der Waals surface area (Å²) < 4.78 is 0. The van der Waals surface area contributed by atoms with E-state index in [1.54, 1.807) is 0 Å². The highest BCUT2D eigenvalue weighted by atomic mass is 14.5. The Kier molecular flexibility index (Phi) is 6.86. The Bertz CT molecular complexity index is 848. The van der Waals surface area contributed by atoms with Gasteiger partial charge in [0.2, 0.25) is 0 Å². The molecule has 158 valence electrons. The molecule has 0 amide bonds. The molecule has 0 spiro atoms. The first-order valence-electron chi connectivity index (χ1n) is 11.4. The van der Waals surface area contributed by atoms with Gasteiger partial charge in [0.15, 0.2) is 0 Å². The molecule has 0 saturated carbocycles. The molecule has 0 aliphatic carbocycles. The molecule has 0 aliphatic rings. The Morgan fingerprint density at radius 1 is 0.467 bits per heavy atom. The maximum absolute atomic E-state index is 2.49. The van der Waals surface area contributed by atoms with Crippen LogP contribution in [0, 0.1) is 5.41 Å². The van der Waals surface area contributed by atoms with Gasteiger partial charge in [0.05, 0.1) is 0 Å². The van der Waals surface area contributed by atoms with Gasteiger partial charge in [-0.15, -0.1) is 0 Å². The topological polar surface area (TPSA) is 0 Å². The van der Waals surface area contributed by atoms with Crippen LogP contribution in [0.3, 0.4) is 0 Å². The first-order chi connectivity index (χ1) is 14.3. The molecule has 1 atom stereocenters. The van der Waals surface area contributed by atoms with Gasteiger partial charge in [-0.1, -0.05) is 138 Å². The number of rotatable bonds is 8. The van der Waals surface area contributed by atoms with Gasteiger partial charge >= 0.3 is 0 Å². The summed E-state index contributed by atoms with van der Waals surface area (Å²) >= 11 is 0. The maximum atomic E-state index is 2.49. The van der Waals surface area contributed by atoms with Crippen molar-refractivity contribution in [2.24, 2.45) is 5.41 Å². The second-order valence-electron chi connectivity index (χ2n) is 10.3. The van der Waals surface area contributed by atoms with Gasteiger partial charge in [-0.3, -0.25) is 0 Å². The van der Waals surface area contributed by atoms with Crippen molar-refractivity contribution in [3.63, 3.8) is 0 Å². The average molecular weight is 399 g/mol. The molecule has 3 aromatic carbocycles. The molecule has 0 saturated heterocycles. The summed E-state index contributed by atoms with van der Waals surface area (Å²) in [4.78, 5) is 0. The lowest BCUT2D eigenvalue weighted by molar-refractivity contribution is 0.262. The van der Waals surface area contributed by atoms with Crippen LogP contribution < -0.4 is 0 Å². The van der Waals surface area contributed by atoms with Gasteiger partial charge in [-0.05, 0) is 34.9 Å². The lowest BCUT2D eigenvalue weighted by atomic mass is 9.54. The predicted molar refractivity (Wildman–Crippen MR) is 131 cm³/mol. The van der Waals surface area contributed by atoms with Crippen molar-refractivity contribution in [2.45, 2.75) is 71.1 Å². The lowest BCUT2D eigenvalue weighted by Crippen LogP contribution is -2.46. The molecule has 0 aromatic heterocycles. The van der Waals surface area contributed by atoms with Gasteiger partial charge in [-0.2, -0.15) is 0 Å². The lowest BCUT2D eigenvalue weighted by Gasteiger charge is -2.49. The molecule has 0 radical (unpaired) electrons. The summed E-state index contributed by atoms with van der Waals surface area (Å²) in [6.07, 6.45) is 4.93. The maximum Gasteiger partial charge on any atom is 0.0268 e. The van der Waals surface area contributed by atoms with E-state index in [0.717, 1.165) is 6.42 Å². The van der Waals surface area contributed by atoms with E-state index < -0.39 is 0 Å². The Labute approximate surface area is 184 Å². The smallest absolute Gasteiger partial charge is 0.0268 e. The number of hydrogen-bond acceptors (Lipinski definition) is 0. The molecular formula is C30H38. The number of unbranched alkanes of at least 4 members (excludes halogenated alkanes) is 1. The van der Waals surface area contributed by atoms with E-state index >= 15 is 0 Å². The van der Waals surface area contributed by atoms with Crippen LogP contribution in [0.5, 0.6) is 0 Å². The van der Waals surface area contributed by atoms with E-state index in [9.17, 15) is 0 Å². The largest absolute Gasteiger partial charge is 0.0622 e. The Hall–Kier alpha value is -2.34. The summed E-state index contributed by atoms with van der Waals surface area (Å²) in [7, 11) is 0. The highest BCUT2D eigenvalue weighted by Gasteiger charge is 2.47. The highest BCUT2D eigenvalue weighted by Crippen LogP contribution is 2.51. The highest BCUT2D eigenvalue weighted by molar-refractivity contribution is 5.47. The van der Waals surface area contributed by atoms with Crippen molar-refractivity contribution in [2.75, 3.05) is 0 Å². The average Bonchev–Trinajstić information content (AvgIpc) is 2.77. The standard InChI is InChI=1S/C30H38/c1-28(2,3)23-15-16-24-29(4,25-17-9-6-10-18-25)30(5,26-19-11-7-12-20-26)27-21-13-8-14-22-27/h6-14,17-22H,15-16,23-24H2,1-5H3/t29-/m1/s1. The zero-order valence-corrected chi connectivity index (χ0v) is 19.5. The van der Waals surface area contributed by atoms with E-state index in [1.165, 1.54) is 36.0 Å². The van der Waals surface area contributed by atoms with Crippen molar-refractivity contribution < 1.29 is 0 Å². The monoisotopic (exact) mass is 398 g/mol. The Morgan fingerprint density at radius 2 is 0.833 bits per heavy atom. The second kappa shape index (κ2) is 9.21. The van der Waals surface area contributed by atoms with Crippen LogP contribution in [0.15, 0.2) is 91.0 Å². The molecule has 0 fully saturated rings. The molecule has 0 heteroatoms. The Balaban J connectivity index is 2.10.